The highest BCUT2D eigenvalue weighted by atomic mass is 127. The van der Waals surface area contributed by atoms with Crippen LogP contribution in [0.3, 0.4) is 0 Å². The van der Waals surface area contributed by atoms with Crippen molar-refractivity contribution in [3.05, 3.63) is 39.7 Å². The molecule has 0 aliphatic rings. The molecule has 0 saturated carbocycles. The highest BCUT2D eigenvalue weighted by Crippen LogP contribution is 2.26. The summed E-state index contributed by atoms with van der Waals surface area (Å²) in [7, 11) is 0. The van der Waals surface area contributed by atoms with Gasteiger partial charge < -0.3 is 4.74 Å². The van der Waals surface area contributed by atoms with Gasteiger partial charge >= 0.3 is 0 Å². The van der Waals surface area contributed by atoms with Gasteiger partial charge in [-0.25, -0.2) is 4.39 Å². The number of hydrogen-bond donors (Lipinski definition) is 0. The Balaban J connectivity index is 2.93. The van der Waals surface area contributed by atoms with Gasteiger partial charge in [0.2, 0.25) is 0 Å². The first-order valence-electron chi connectivity index (χ1n) is 4.91. The zero-order chi connectivity index (χ0) is 11.3. The Morgan fingerprint density at radius 3 is 2.87 bits per heavy atom. The first kappa shape index (κ1) is 12.5. The van der Waals surface area contributed by atoms with E-state index in [2.05, 4.69) is 6.58 Å². The zero-order valence-electron chi connectivity index (χ0n) is 8.72. The summed E-state index contributed by atoms with van der Waals surface area (Å²) in [6, 6.07) is 3.61. The van der Waals surface area contributed by atoms with E-state index in [9.17, 15) is 4.39 Å². The summed E-state index contributed by atoms with van der Waals surface area (Å²) in [5, 5.41) is 0. The molecular weight excluding hydrogens is 306 g/mol. The van der Waals surface area contributed by atoms with E-state index in [1.807, 2.05) is 41.7 Å². The molecule has 15 heavy (non-hydrogen) atoms. The first-order valence-corrected chi connectivity index (χ1v) is 5.99. The Labute approximate surface area is 103 Å². The maximum Gasteiger partial charge on any atom is 0.178 e. The molecule has 1 nitrogen and oxygen atoms in total. The van der Waals surface area contributed by atoms with Crippen molar-refractivity contribution in [2.45, 2.75) is 19.8 Å². The predicted molar refractivity (Wildman–Crippen MR) is 68.8 cm³/mol. The Morgan fingerprint density at radius 2 is 2.27 bits per heavy atom. The van der Waals surface area contributed by atoms with Gasteiger partial charge in [-0.1, -0.05) is 12.1 Å². The standard InChI is InChI=1S/C12H14FIO/c1-3-5-6-9-7-8-10(15-4-2)11(13)12(9)14/h3,7-8H,1,4-6H2,2H3. The van der Waals surface area contributed by atoms with Crippen LogP contribution in [0.5, 0.6) is 5.75 Å². The van der Waals surface area contributed by atoms with Gasteiger partial charge in [-0.05, 0) is 54.0 Å². The van der Waals surface area contributed by atoms with Crippen LogP contribution >= 0.6 is 22.6 Å². The van der Waals surface area contributed by atoms with E-state index in [4.69, 9.17) is 4.74 Å². The molecule has 1 aromatic carbocycles. The molecule has 0 unspecified atom stereocenters. The molecule has 0 spiro atoms. The van der Waals surface area contributed by atoms with Crippen molar-refractivity contribution in [3.63, 3.8) is 0 Å². The molecule has 0 saturated heterocycles. The molecule has 0 aliphatic carbocycles. The third-order valence-electron chi connectivity index (χ3n) is 2.04. The molecule has 0 atom stereocenters. The van der Waals surface area contributed by atoms with Gasteiger partial charge in [0.25, 0.3) is 0 Å². The monoisotopic (exact) mass is 320 g/mol. The Hall–Kier alpha value is -0.580. The zero-order valence-corrected chi connectivity index (χ0v) is 10.9. The number of allylic oxidation sites excluding steroid dienone is 1. The summed E-state index contributed by atoms with van der Waals surface area (Å²) in [5.74, 6) is 0.0864. The lowest BCUT2D eigenvalue weighted by Gasteiger charge is -2.09. The van der Waals surface area contributed by atoms with Crippen molar-refractivity contribution in [2.24, 2.45) is 0 Å². The summed E-state index contributed by atoms with van der Waals surface area (Å²) in [4.78, 5) is 0. The van der Waals surface area contributed by atoms with Crippen LogP contribution in [0.25, 0.3) is 0 Å². The number of hydrogen-bond acceptors (Lipinski definition) is 1. The van der Waals surface area contributed by atoms with Crippen molar-refractivity contribution in [2.75, 3.05) is 6.61 Å². The van der Waals surface area contributed by atoms with Gasteiger partial charge in [-0.15, -0.1) is 6.58 Å². The van der Waals surface area contributed by atoms with E-state index in [-0.39, 0.29) is 5.82 Å². The second kappa shape index (κ2) is 6.10. The summed E-state index contributed by atoms with van der Waals surface area (Å²) in [6.45, 7) is 5.98. The molecule has 0 radical (unpaired) electrons. The second-order valence-corrected chi connectivity index (χ2v) is 4.19. The average molecular weight is 320 g/mol. The predicted octanol–water partition coefficient (Wildman–Crippen LogP) is 3.95. The van der Waals surface area contributed by atoms with Crippen molar-refractivity contribution >= 4 is 22.6 Å². The number of ether oxygens (including phenoxy) is 1. The highest BCUT2D eigenvalue weighted by molar-refractivity contribution is 14.1. The normalized spacial score (nSPS) is 10.1. The number of halogens is 2. The maximum absolute atomic E-state index is 13.7. The quantitative estimate of drug-likeness (QED) is 0.590. The molecule has 3 heteroatoms. The molecule has 0 N–H and O–H groups in total. The van der Waals surface area contributed by atoms with Gasteiger partial charge in [-0.2, -0.15) is 0 Å². The van der Waals surface area contributed by atoms with Crippen LogP contribution in [0.15, 0.2) is 24.8 Å². The lowest BCUT2D eigenvalue weighted by atomic mass is 10.1. The maximum atomic E-state index is 13.7. The van der Waals surface area contributed by atoms with Gasteiger partial charge in [0.05, 0.1) is 10.2 Å². The third kappa shape index (κ3) is 3.19. The van der Waals surface area contributed by atoms with Crippen LogP contribution < -0.4 is 4.74 Å². The number of aryl methyl sites for hydroxylation is 1. The van der Waals surface area contributed by atoms with Crippen molar-refractivity contribution < 1.29 is 9.13 Å². The van der Waals surface area contributed by atoms with E-state index in [1.54, 1.807) is 6.07 Å². The van der Waals surface area contributed by atoms with E-state index < -0.39 is 0 Å². The molecule has 1 rings (SSSR count). The fourth-order valence-electron chi connectivity index (χ4n) is 1.29. The van der Waals surface area contributed by atoms with Crippen LogP contribution in [-0.4, -0.2) is 6.61 Å². The molecule has 82 valence electrons. The minimum absolute atomic E-state index is 0.251. The SMILES string of the molecule is C=CCCc1ccc(OCC)c(F)c1I. The highest BCUT2D eigenvalue weighted by Gasteiger charge is 2.11. The molecule has 0 aromatic heterocycles. The molecule has 0 fully saturated rings. The lowest BCUT2D eigenvalue weighted by Crippen LogP contribution is -1.99. The van der Waals surface area contributed by atoms with Gasteiger partial charge in [0, 0.05) is 0 Å². The third-order valence-corrected chi connectivity index (χ3v) is 3.21. The second-order valence-electron chi connectivity index (χ2n) is 3.11. The van der Waals surface area contributed by atoms with Crippen molar-refractivity contribution in [3.8, 4) is 5.75 Å². The van der Waals surface area contributed by atoms with Crippen molar-refractivity contribution in [1.82, 2.24) is 0 Å². The fraction of sp³-hybridized carbons (Fsp3) is 0.333. The average Bonchev–Trinajstić information content (AvgIpc) is 2.24. The summed E-state index contributed by atoms with van der Waals surface area (Å²) in [6.07, 6.45) is 3.53. The van der Waals surface area contributed by atoms with E-state index >= 15 is 0 Å². The first-order chi connectivity index (χ1) is 7.20. The lowest BCUT2D eigenvalue weighted by molar-refractivity contribution is 0.320. The minimum atomic E-state index is -0.251. The van der Waals surface area contributed by atoms with Crippen LogP contribution in [0.1, 0.15) is 18.9 Å². The molecule has 0 heterocycles. The molecule has 0 amide bonds. The van der Waals surface area contributed by atoms with Crippen LogP contribution in [-0.2, 0) is 6.42 Å². The van der Waals surface area contributed by atoms with Gasteiger partial charge in [0.15, 0.2) is 11.6 Å². The topological polar surface area (TPSA) is 9.23 Å². The molecule has 1 aromatic rings. The summed E-state index contributed by atoms with van der Waals surface area (Å²) >= 11 is 2.02. The number of benzene rings is 1. The molecule has 0 aliphatic heterocycles. The van der Waals surface area contributed by atoms with Crippen LogP contribution in [0.4, 0.5) is 4.39 Å². The van der Waals surface area contributed by atoms with Gasteiger partial charge in [0.1, 0.15) is 0 Å². The van der Waals surface area contributed by atoms with E-state index in [0.717, 1.165) is 18.4 Å². The Morgan fingerprint density at radius 1 is 1.53 bits per heavy atom. The van der Waals surface area contributed by atoms with Crippen LogP contribution in [0, 0.1) is 9.39 Å². The van der Waals surface area contributed by atoms with E-state index in [0.29, 0.717) is 15.9 Å². The van der Waals surface area contributed by atoms with Crippen molar-refractivity contribution in [1.29, 1.82) is 0 Å². The largest absolute Gasteiger partial charge is 0.491 e. The Bertz CT molecular complexity index is 350. The Kier molecular flexibility index (Phi) is 5.08. The summed E-state index contributed by atoms with van der Waals surface area (Å²) < 4.78 is 19.5. The molecule has 0 bridgehead atoms. The molecular formula is C12H14FIO. The minimum Gasteiger partial charge on any atom is -0.491 e. The van der Waals surface area contributed by atoms with Crippen LogP contribution in [0.2, 0.25) is 0 Å². The van der Waals surface area contributed by atoms with Gasteiger partial charge in [-0.3, -0.25) is 0 Å². The number of rotatable bonds is 5. The smallest absolute Gasteiger partial charge is 0.178 e. The fourth-order valence-corrected chi connectivity index (χ4v) is 2.00. The summed E-state index contributed by atoms with van der Waals surface area (Å²) in [5.41, 5.74) is 1.01. The van der Waals surface area contributed by atoms with E-state index in [1.165, 1.54) is 0 Å².